The molecule has 1 aliphatic heterocycles. The van der Waals surface area contributed by atoms with Gasteiger partial charge in [-0.05, 0) is 34.1 Å². The molecule has 98 valence electrons. The van der Waals surface area contributed by atoms with E-state index < -0.39 is 0 Å². The van der Waals surface area contributed by atoms with Crippen molar-refractivity contribution in [2.75, 3.05) is 25.0 Å². The number of benzene rings is 1. The Labute approximate surface area is 123 Å². The molecule has 1 aliphatic rings. The van der Waals surface area contributed by atoms with Crippen LogP contribution in [0, 0.1) is 0 Å². The lowest BCUT2D eigenvalue weighted by atomic mass is 10.2. The summed E-state index contributed by atoms with van der Waals surface area (Å²) in [4.78, 5) is 11.9. The molecule has 0 bridgehead atoms. The number of morpholine rings is 1. The standard InChI is InChI=1S/C12H14Br2N2O2/c13-8-1-2-10(14)11(5-8)16-12(17)6-9-7-15-3-4-18-9/h1-2,5,9,15H,3-4,6-7H2,(H,16,17). The second-order valence-corrected chi connectivity index (χ2v) is 5.84. The Hall–Kier alpha value is -0.430. The normalized spacial score (nSPS) is 19.6. The second-order valence-electron chi connectivity index (χ2n) is 4.07. The lowest BCUT2D eigenvalue weighted by Gasteiger charge is -2.23. The molecule has 1 saturated heterocycles. The van der Waals surface area contributed by atoms with Crippen LogP contribution in [0.1, 0.15) is 6.42 Å². The van der Waals surface area contributed by atoms with Gasteiger partial charge in [-0.3, -0.25) is 4.79 Å². The van der Waals surface area contributed by atoms with Crippen molar-refractivity contribution in [1.29, 1.82) is 0 Å². The molecular formula is C12H14Br2N2O2. The first kappa shape index (κ1) is 14.0. The number of anilines is 1. The van der Waals surface area contributed by atoms with Crippen LogP contribution in [0.25, 0.3) is 0 Å². The van der Waals surface area contributed by atoms with Gasteiger partial charge in [-0.25, -0.2) is 0 Å². The van der Waals surface area contributed by atoms with E-state index in [9.17, 15) is 4.79 Å². The predicted molar refractivity (Wildman–Crippen MR) is 77.7 cm³/mol. The topological polar surface area (TPSA) is 50.4 Å². The Bertz CT molecular complexity index is 434. The largest absolute Gasteiger partial charge is 0.375 e. The minimum atomic E-state index is -0.0394. The van der Waals surface area contributed by atoms with E-state index in [-0.39, 0.29) is 12.0 Å². The first-order valence-corrected chi connectivity index (χ1v) is 7.31. The zero-order valence-corrected chi connectivity index (χ0v) is 12.9. The van der Waals surface area contributed by atoms with Crippen LogP contribution < -0.4 is 10.6 Å². The van der Waals surface area contributed by atoms with Gasteiger partial charge >= 0.3 is 0 Å². The third-order valence-corrected chi connectivity index (χ3v) is 3.80. The van der Waals surface area contributed by atoms with E-state index in [4.69, 9.17) is 4.74 Å². The van der Waals surface area contributed by atoms with E-state index in [2.05, 4.69) is 42.5 Å². The van der Waals surface area contributed by atoms with Crippen LogP contribution in [0.4, 0.5) is 5.69 Å². The average molecular weight is 378 g/mol. The van der Waals surface area contributed by atoms with E-state index >= 15 is 0 Å². The van der Waals surface area contributed by atoms with E-state index in [0.717, 1.165) is 27.7 Å². The summed E-state index contributed by atoms with van der Waals surface area (Å²) in [5, 5.41) is 6.08. The highest BCUT2D eigenvalue weighted by Gasteiger charge is 2.17. The molecule has 4 nitrogen and oxygen atoms in total. The number of ether oxygens (including phenoxy) is 1. The molecule has 0 saturated carbocycles. The Balaban J connectivity index is 1.92. The molecule has 18 heavy (non-hydrogen) atoms. The molecule has 2 rings (SSSR count). The van der Waals surface area contributed by atoms with E-state index in [1.807, 2.05) is 18.2 Å². The van der Waals surface area contributed by atoms with Crippen molar-refractivity contribution in [2.45, 2.75) is 12.5 Å². The van der Waals surface area contributed by atoms with Crippen molar-refractivity contribution >= 4 is 43.5 Å². The molecule has 1 heterocycles. The van der Waals surface area contributed by atoms with Crippen molar-refractivity contribution in [1.82, 2.24) is 5.32 Å². The van der Waals surface area contributed by atoms with Gasteiger partial charge in [0.05, 0.1) is 24.8 Å². The van der Waals surface area contributed by atoms with Gasteiger partial charge in [0, 0.05) is 22.0 Å². The van der Waals surface area contributed by atoms with Crippen molar-refractivity contribution in [3.05, 3.63) is 27.1 Å². The van der Waals surface area contributed by atoms with Crippen LogP contribution >= 0.6 is 31.9 Å². The van der Waals surface area contributed by atoms with Gasteiger partial charge in [0.1, 0.15) is 0 Å². The minimum absolute atomic E-state index is 0.0373. The second kappa shape index (κ2) is 6.65. The van der Waals surface area contributed by atoms with Crippen molar-refractivity contribution < 1.29 is 9.53 Å². The maximum Gasteiger partial charge on any atom is 0.227 e. The summed E-state index contributed by atoms with van der Waals surface area (Å²) >= 11 is 6.78. The van der Waals surface area contributed by atoms with Gasteiger partial charge in [0.25, 0.3) is 0 Å². The van der Waals surface area contributed by atoms with Gasteiger partial charge < -0.3 is 15.4 Å². The summed E-state index contributed by atoms with van der Waals surface area (Å²) in [6.45, 7) is 2.25. The smallest absolute Gasteiger partial charge is 0.227 e. The van der Waals surface area contributed by atoms with E-state index in [1.165, 1.54) is 0 Å². The average Bonchev–Trinajstić information content (AvgIpc) is 2.35. The number of halogens is 2. The van der Waals surface area contributed by atoms with Crippen molar-refractivity contribution in [2.24, 2.45) is 0 Å². The number of carbonyl (C=O) groups excluding carboxylic acids is 1. The van der Waals surface area contributed by atoms with Crippen LogP contribution in [0.15, 0.2) is 27.1 Å². The fourth-order valence-electron chi connectivity index (χ4n) is 1.75. The molecule has 1 aromatic rings. The van der Waals surface area contributed by atoms with Crippen molar-refractivity contribution in [3.63, 3.8) is 0 Å². The van der Waals surface area contributed by atoms with Gasteiger partial charge in [0.15, 0.2) is 0 Å². The lowest BCUT2D eigenvalue weighted by Crippen LogP contribution is -2.40. The van der Waals surface area contributed by atoms with Gasteiger partial charge in [-0.1, -0.05) is 15.9 Å². The lowest BCUT2D eigenvalue weighted by molar-refractivity contribution is -0.119. The van der Waals surface area contributed by atoms with Gasteiger partial charge in [-0.2, -0.15) is 0 Å². The zero-order valence-electron chi connectivity index (χ0n) is 9.71. The van der Waals surface area contributed by atoms with Crippen LogP contribution in [0.5, 0.6) is 0 Å². The van der Waals surface area contributed by atoms with Crippen LogP contribution in [-0.4, -0.2) is 31.7 Å². The molecule has 1 aromatic carbocycles. The monoisotopic (exact) mass is 376 g/mol. The molecule has 0 radical (unpaired) electrons. The van der Waals surface area contributed by atoms with E-state index in [0.29, 0.717) is 13.0 Å². The fraction of sp³-hybridized carbons (Fsp3) is 0.417. The Morgan fingerprint density at radius 3 is 3.06 bits per heavy atom. The van der Waals surface area contributed by atoms with Crippen LogP contribution in [0.2, 0.25) is 0 Å². The fourth-order valence-corrected chi connectivity index (χ4v) is 2.46. The number of carbonyl (C=O) groups is 1. The summed E-state index contributed by atoms with van der Waals surface area (Å²) < 4.78 is 7.29. The highest BCUT2D eigenvalue weighted by Crippen LogP contribution is 2.26. The maximum atomic E-state index is 11.9. The first-order valence-electron chi connectivity index (χ1n) is 5.72. The van der Waals surface area contributed by atoms with Gasteiger partial charge in [0.2, 0.25) is 5.91 Å². The van der Waals surface area contributed by atoms with Crippen LogP contribution in [-0.2, 0) is 9.53 Å². The zero-order chi connectivity index (χ0) is 13.0. The minimum Gasteiger partial charge on any atom is -0.375 e. The SMILES string of the molecule is O=C(CC1CNCCO1)Nc1cc(Br)ccc1Br. The molecule has 6 heteroatoms. The Kier molecular flexibility index (Phi) is 5.17. The first-order chi connectivity index (χ1) is 8.65. The number of amides is 1. The number of hydrogen-bond acceptors (Lipinski definition) is 3. The summed E-state index contributed by atoms with van der Waals surface area (Å²) in [6, 6.07) is 5.66. The maximum absolute atomic E-state index is 11.9. The molecule has 1 fully saturated rings. The predicted octanol–water partition coefficient (Wildman–Crippen LogP) is 2.53. The number of nitrogens with one attached hydrogen (secondary N) is 2. The summed E-state index contributed by atoms with van der Waals surface area (Å²) in [6.07, 6.45) is 0.330. The molecule has 0 aromatic heterocycles. The summed E-state index contributed by atoms with van der Waals surface area (Å²) in [5.41, 5.74) is 0.762. The number of hydrogen-bond donors (Lipinski definition) is 2. The van der Waals surface area contributed by atoms with Gasteiger partial charge in [-0.15, -0.1) is 0 Å². The third-order valence-electron chi connectivity index (χ3n) is 2.62. The molecule has 1 atom stereocenters. The Morgan fingerprint density at radius 1 is 1.50 bits per heavy atom. The third kappa shape index (κ3) is 4.05. The Morgan fingerprint density at radius 2 is 2.33 bits per heavy atom. The number of rotatable bonds is 3. The summed E-state index contributed by atoms with van der Waals surface area (Å²) in [7, 11) is 0. The molecule has 1 amide bonds. The molecule has 2 N–H and O–H groups in total. The highest BCUT2D eigenvalue weighted by molar-refractivity contribution is 9.11. The molecular weight excluding hydrogens is 364 g/mol. The van der Waals surface area contributed by atoms with Crippen molar-refractivity contribution in [3.8, 4) is 0 Å². The van der Waals surface area contributed by atoms with Crippen LogP contribution in [0.3, 0.4) is 0 Å². The molecule has 0 aliphatic carbocycles. The quantitative estimate of drug-likeness (QED) is 0.850. The summed E-state index contributed by atoms with van der Waals surface area (Å²) in [5.74, 6) is -0.0394. The molecule has 1 unspecified atom stereocenters. The van der Waals surface area contributed by atoms with E-state index in [1.54, 1.807) is 0 Å². The molecule has 0 spiro atoms. The highest BCUT2D eigenvalue weighted by atomic mass is 79.9.